The maximum absolute atomic E-state index is 13.9. The van der Waals surface area contributed by atoms with Gasteiger partial charge in [0, 0.05) is 16.8 Å². The van der Waals surface area contributed by atoms with Crippen molar-refractivity contribution in [3.63, 3.8) is 0 Å². The number of fused-ring (bicyclic) bond motifs is 1. The average Bonchev–Trinajstić information content (AvgIpc) is 3.55. The van der Waals surface area contributed by atoms with Gasteiger partial charge < -0.3 is 14.3 Å². The Hall–Kier alpha value is -3.76. The van der Waals surface area contributed by atoms with E-state index in [-0.39, 0.29) is 23.8 Å². The lowest BCUT2D eigenvalue weighted by Crippen LogP contribution is -2.31. The van der Waals surface area contributed by atoms with E-state index in [1.807, 2.05) is 18.2 Å². The molecule has 2 aromatic heterocycles. The van der Waals surface area contributed by atoms with E-state index in [2.05, 4.69) is 4.98 Å². The van der Waals surface area contributed by atoms with Gasteiger partial charge in [0.2, 0.25) is 5.09 Å². The number of pyridine rings is 1. The second kappa shape index (κ2) is 10.3. The number of anilines is 1. The summed E-state index contributed by atoms with van der Waals surface area (Å²) in [6.07, 6.45) is 2.44. The lowest BCUT2D eigenvalue weighted by atomic mass is 10.1. The number of thioether (sulfide) groups is 1. The van der Waals surface area contributed by atoms with Gasteiger partial charge in [-0.25, -0.2) is 4.79 Å². The number of carbonyl (C=O) groups is 1. The van der Waals surface area contributed by atoms with Gasteiger partial charge in [0.25, 0.3) is 10.0 Å². The van der Waals surface area contributed by atoms with Crippen molar-refractivity contribution in [2.24, 2.45) is 0 Å². The summed E-state index contributed by atoms with van der Waals surface area (Å²) in [4.78, 5) is 16.6. The fraction of sp³-hybridized carbons (Fsp3) is 0.185. The number of aromatic carboxylic acids is 1. The number of ether oxygens (including phenoxy) is 1. The molecule has 0 fully saturated rings. The molecule has 0 saturated heterocycles. The second-order valence-corrected chi connectivity index (χ2v) is 11.4. The molecule has 0 aliphatic carbocycles. The van der Waals surface area contributed by atoms with Crippen LogP contribution >= 0.6 is 11.8 Å². The summed E-state index contributed by atoms with van der Waals surface area (Å²) in [5.41, 5.74) is 2.95. The maximum atomic E-state index is 13.9. The molecule has 0 radical (unpaired) electrons. The number of nitrogens with zero attached hydrogens (tertiary/aromatic N) is 2. The minimum Gasteiger partial charge on any atom is -0.487 e. The Morgan fingerprint density at radius 2 is 1.95 bits per heavy atom. The van der Waals surface area contributed by atoms with Gasteiger partial charge >= 0.3 is 5.97 Å². The average molecular weight is 537 g/mol. The zero-order chi connectivity index (χ0) is 26.0. The SMILES string of the molecule is Cc1ccc(S(=O)(=O)N(Cc2ccccn2)c2cc3c(cc2OCc2ccc(C(=O)O)cc2)SCC3)o1. The summed E-state index contributed by atoms with van der Waals surface area (Å²) in [5.74, 6) is 0.786. The lowest BCUT2D eigenvalue weighted by Gasteiger charge is -2.26. The molecule has 1 aliphatic heterocycles. The Kier molecular flexibility index (Phi) is 6.94. The maximum Gasteiger partial charge on any atom is 0.335 e. The minimum atomic E-state index is -4.09. The second-order valence-electron chi connectivity index (χ2n) is 8.51. The number of hydrogen-bond acceptors (Lipinski definition) is 7. The van der Waals surface area contributed by atoms with Crippen LogP contribution in [-0.4, -0.2) is 30.2 Å². The van der Waals surface area contributed by atoms with Crippen LogP contribution in [0.5, 0.6) is 5.75 Å². The Balaban J connectivity index is 1.56. The van der Waals surface area contributed by atoms with Crippen LogP contribution in [0.3, 0.4) is 0 Å². The summed E-state index contributed by atoms with van der Waals surface area (Å²) in [7, 11) is -4.09. The van der Waals surface area contributed by atoms with Crippen molar-refractivity contribution in [2.75, 3.05) is 10.1 Å². The number of aryl methyl sites for hydroxylation is 2. The van der Waals surface area contributed by atoms with Crippen molar-refractivity contribution < 1.29 is 27.5 Å². The fourth-order valence-electron chi connectivity index (χ4n) is 4.01. The van der Waals surface area contributed by atoms with Gasteiger partial charge in [0.15, 0.2) is 0 Å². The van der Waals surface area contributed by atoms with Crippen molar-refractivity contribution in [1.82, 2.24) is 4.98 Å². The number of carboxylic acids is 1. The van der Waals surface area contributed by atoms with Gasteiger partial charge in [0.05, 0.1) is 23.5 Å². The van der Waals surface area contributed by atoms with E-state index in [9.17, 15) is 13.2 Å². The van der Waals surface area contributed by atoms with Gasteiger partial charge in [-0.1, -0.05) is 18.2 Å². The predicted molar refractivity (Wildman–Crippen MR) is 140 cm³/mol. The number of sulfonamides is 1. The third-order valence-electron chi connectivity index (χ3n) is 5.93. The van der Waals surface area contributed by atoms with Crippen molar-refractivity contribution in [3.8, 4) is 5.75 Å². The first-order chi connectivity index (χ1) is 17.8. The summed E-state index contributed by atoms with van der Waals surface area (Å²) in [5, 5.41) is 8.99. The molecule has 0 saturated carbocycles. The highest BCUT2D eigenvalue weighted by atomic mass is 32.2. The van der Waals surface area contributed by atoms with Crippen LogP contribution in [-0.2, 0) is 29.6 Å². The zero-order valence-electron chi connectivity index (χ0n) is 20.0. The molecular formula is C27H24N2O6S2. The Labute approximate surface area is 219 Å². The van der Waals surface area contributed by atoms with E-state index in [0.717, 1.165) is 28.2 Å². The lowest BCUT2D eigenvalue weighted by molar-refractivity contribution is 0.0697. The smallest absolute Gasteiger partial charge is 0.335 e. The molecule has 3 heterocycles. The highest BCUT2D eigenvalue weighted by molar-refractivity contribution is 7.99. The third-order valence-corrected chi connectivity index (χ3v) is 8.66. The highest BCUT2D eigenvalue weighted by Crippen LogP contribution is 2.42. The molecule has 0 unspecified atom stereocenters. The van der Waals surface area contributed by atoms with Crippen LogP contribution in [0.1, 0.15) is 32.9 Å². The van der Waals surface area contributed by atoms with E-state index >= 15 is 0 Å². The molecule has 0 atom stereocenters. The molecular weight excluding hydrogens is 512 g/mol. The van der Waals surface area contributed by atoms with Gasteiger partial charge in [-0.3, -0.25) is 9.29 Å². The predicted octanol–water partition coefficient (Wildman–Crippen LogP) is 5.30. The number of aromatic nitrogens is 1. The van der Waals surface area contributed by atoms with Crippen molar-refractivity contribution in [2.45, 2.75) is 36.5 Å². The Morgan fingerprint density at radius 3 is 2.62 bits per heavy atom. The molecule has 8 nitrogen and oxygen atoms in total. The number of benzene rings is 2. The molecule has 190 valence electrons. The van der Waals surface area contributed by atoms with Crippen LogP contribution in [0, 0.1) is 6.92 Å². The summed E-state index contributed by atoms with van der Waals surface area (Å²) in [6, 6.07) is 18.5. The Morgan fingerprint density at radius 1 is 1.14 bits per heavy atom. The molecule has 0 bridgehead atoms. The van der Waals surface area contributed by atoms with Gasteiger partial charge in [0.1, 0.15) is 18.1 Å². The summed E-state index contributed by atoms with van der Waals surface area (Å²) >= 11 is 1.70. The molecule has 0 spiro atoms. The largest absolute Gasteiger partial charge is 0.487 e. The van der Waals surface area contributed by atoms with Crippen LogP contribution in [0.4, 0.5) is 5.69 Å². The molecule has 0 amide bonds. The first-order valence-electron chi connectivity index (χ1n) is 11.5. The molecule has 2 aromatic carbocycles. The zero-order valence-corrected chi connectivity index (χ0v) is 21.6. The number of furan rings is 1. The highest BCUT2D eigenvalue weighted by Gasteiger charge is 2.32. The van der Waals surface area contributed by atoms with Gasteiger partial charge in [-0.2, -0.15) is 8.42 Å². The topological polar surface area (TPSA) is 110 Å². The van der Waals surface area contributed by atoms with Crippen molar-refractivity contribution >= 4 is 33.4 Å². The molecule has 4 aromatic rings. The molecule has 37 heavy (non-hydrogen) atoms. The van der Waals surface area contributed by atoms with E-state index < -0.39 is 16.0 Å². The van der Waals surface area contributed by atoms with Crippen LogP contribution in [0.25, 0.3) is 0 Å². The van der Waals surface area contributed by atoms with E-state index in [0.29, 0.717) is 22.9 Å². The van der Waals surface area contributed by atoms with Crippen LogP contribution in [0.2, 0.25) is 0 Å². The minimum absolute atomic E-state index is 0.0154. The van der Waals surface area contributed by atoms with E-state index in [1.165, 1.54) is 22.5 Å². The normalized spacial score (nSPS) is 12.8. The van der Waals surface area contributed by atoms with Crippen LogP contribution < -0.4 is 9.04 Å². The molecule has 10 heteroatoms. The third kappa shape index (κ3) is 5.35. The number of hydrogen-bond donors (Lipinski definition) is 1. The number of carboxylic acid groups (broad SMARTS) is 1. The monoisotopic (exact) mass is 536 g/mol. The fourth-order valence-corrected chi connectivity index (χ4v) is 6.48. The quantitative estimate of drug-likeness (QED) is 0.307. The standard InChI is InChI=1S/C27H24N2O6S2/c1-18-5-10-26(35-18)37(32,33)29(16-22-4-2-3-12-28-22)23-14-21-11-13-36-25(21)15-24(23)34-17-19-6-8-20(9-7-19)27(30)31/h2-10,12,14-15H,11,13,16-17H2,1H3,(H,30,31). The first kappa shape index (κ1) is 24.9. The molecule has 5 rings (SSSR count). The van der Waals surface area contributed by atoms with Gasteiger partial charge in [-0.05, 0) is 73.0 Å². The van der Waals surface area contributed by atoms with Crippen LogP contribution in [0.15, 0.2) is 87.3 Å². The Bertz CT molecular complexity index is 1530. The molecule has 1 aliphatic rings. The van der Waals surface area contributed by atoms with E-state index in [4.69, 9.17) is 14.3 Å². The summed E-state index contributed by atoms with van der Waals surface area (Å²) in [6.45, 7) is 1.81. The van der Waals surface area contributed by atoms with E-state index in [1.54, 1.807) is 55.2 Å². The number of rotatable bonds is 9. The molecule has 1 N–H and O–H groups in total. The van der Waals surface area contributed by atoms with Gasteiger partial charge in [-0.15, -0.1) is 11.8 Å². The van der Waals surface area contributed by atoms with Crippen molar-refractivity contribution in [1.29, 1.82) is 0 Å². The first-order valence-corrected chi connectivity index (χ1v) is 14.0. The summed E-state index contributed by atoms with van der Waals surface area (Å²) < 4.78 is 40.7. The van der Waals surface area contributed by atoms with Crippen molar-refractivity contribution in [3.05, 3.63) is 101 Å².